The van der Waals surface area contributed by atoms with Gasteiger partial charge in [0, 0.05) is 23.2 Å². The lowest BCUT2D eigenvalue weighted by atomic mass is 9.85. The molecule has 1 saturated heterocycles. The van der Waals surface area contributed by atoms with E-state index in [0.29, 0.717) is 11.6 Å². The van der Waals surface area contributed by atoms with Crippen molar-refractivity contribution in [2.75, 3.05) is 6.54 Å². The fourth-order valence-corrected chi connectivity index (χ4v) is 4.73. The van der Waals surface area contributed by atoms with Gasteiger partial charge in [0.25, 0.3) is 5.91 Å². The van der Waals surface area contributed by atoms with Crippen LogP contribution in [0, 0.1) is 12.8 Å². The summed E-state index contributed by atoms with van der Waals surface area (Å²) in [6.07, 6.45) is 8.18. The number of hydrogen-bond acceptors (Lipinski definition) is 3. The Hall–Kier alpha value is -1.94. The third kappa shape index (κ3) is 2.80. The number of carbonyl (C=O) groups excluding carboxylic acids is 1. The number of aromatic nitrogens is 1. The van der Waals surface area contributed by atoms with Crippen molar-refractivity contribution in [2.24, 2.45) is 5.92 Å². The van der Waals surface area contributed by atoms with Crippen LogP contribution in [-0.4, -0.2) is 22.3 Å². The summed E-state index contributed by atoms with van der Waals surface area (Å²) in [6.45, 7) is 2.92. The largest absolute Gasteiger partial charge is 0.311 e. The second-order valence-corrected chi connectivity index (χ2v) is 7.57. The average molecular weight is 338 g/mol. The van der Waals surface area contributed by atoms with Gasteiger partial charge in [-0.1, -0.05) is 30.3 Å². The van der Waals surface area contributed by atoms with Crippen molar-refractivity contribution in [3.8, 4) is 10.6 Å². The number of carbonyl (C=O) groups is 1. The minimum Gasteiger partial charge on any atom is -0.311 e. The van der Waals surface area contributed by atoms with Crippen molar-refractivity contribution < 1.29 is 4.79 Å². The molecule has 24 heavy (non-hydrogen) atoms. The Kier molecular flexibility index (Phi) is 4.23. The molecule has 1 atom stereocenters. The number of rotatable bonds is 2. The molecule has 1 unspecified atom stereocenters. The fourth-order valence-electron chi connectivity index (χ4n) is 3.84. The highest BCUT2D eigenvalue weighted by atomic mass is 32.1. The lowest BCUT2D eigenvalue weighted by Gasteiger charge is -2.37. The van der Waals surface area contributed by atoms with E-state index < -0.39 is 0 Å². The summed E-state index contributed by atoms with van der Waals surface area (Å²) in [5.74, 6) is 0.648. The summed E-state index contributed by atoms with van der Waals surface area (Å²) in [5.41, 5.74) is 4.15. The Morgan fingerprint density at radius 3 is 2.96 bits per heavy atom. The molecule has 2 aromatic rings. The number of piperidine rings is 1. The number of amides is 1. The fraction of sp³-hybridized carbons (Fsp3) is 0.400. The molecule has 1 aromatic heterocycles. The molecule has 1 aliphatic carbocycles. The van der Waals surface area contributed by atoms with Gasteiger partial charge >= 0.3 is 0 Å². The molecule has 1 amide bonds. The van der Waals surface area contributed by atoms with Crippen LogP contribution in [0.2, 0.25) is 0 Å². The van der Waals surface area contributed by atoms with E-state index in [4.69, 9.17) is 0 Å². The highest BCUT2D eigenvalue weighted by Gasteiger charge is 2.31. The summed E-state index contributed by atoms with van der Waals surface area (Å²) in [7, 11) is 0. The van der Waals surface area contributed by atoms with Gasteiger partial charge in [-0.15, -0.1) is 11.3 Å². The van der Waals surface area contributed by atoms with Crippen molar-refractivity contribution in [3.63, 3.8) is 0 Å². The van der Waals surface area contributed by atoms with E-state index in [2.05, 4.69) is 30.1 Å². The number of hydrogen-bond donors (Lipinski definition) is 0. The second kappa shape index (κ2) is 6.52. The number of thiazole rings is 1. The van der Waals surface area contributed by atoms with E-state index in [-0.39, 0.29) is 5.91 Å². The van der Waals surface area contributed by atoms with Crippen molar-refractivity contribution in [3.05, 3.63) is 52.7 Å². The van der Waals surface area contributed by atoms with Crippen LogP contribution in [0.4, 0.5) is 0 Å². The Morgan fingerprint density at radius 2 is 2.08 bits per heavy atom. The summed E-state index contributed by atoms with van der Waals surface area (Å²) in [4.78, 5) is 19.7. The molecule has 0 saturated carbocycles. The first-order valence-electron chi connectivity index (χ1n) is 8.77. The van der Waals surface area contributed by atoms with Crippen LogP contribution in [0.15, 0.2) is 41.4 Å². The molecule has 0 radical (unpaired) electrons. The van der Waals surface area contributed by atoms with Gasteiger partial charge < -0.3 is 4.90 Å². The van der Waals surface area contributed by atoms with Gasteiger partial charge in [-0.2, -0.15) is 0 Å². The maximum absolute atomic E-state index is 13.0. The molecule has 2 heterocycles. The minimum absolute atomic E-state index is 0.0731. The van der Waals surface area contributed by atoms with E-state index in [1.54, 1.807) is 11.3 Å². The van der Waals surface area contributed by atoms with Gasteiger partial charge in [0.05, 0.1) is 0 Å². The van der Waals surface area contributed by atoms with Gasteiger partial charge in [0.2, 0.25) is 0 Å². The highest BCUT2D eigenvalue weighted by molar-refractivity contribution is 7.13. The van der Waals surface area contributed by atoms with E-state index >= 15 is 0 Å². The summed E-state index contributed by atoms with van der Waals surface area (Å²) >= 11 is 1.56. The van der Waals surface area contributed by atoms with Gasteiger partial charge in [0.15, 0.2) is 0 Å². The maximum atomic E-state index is 13.0. The number of likely N-dealkylation sites (tertiary alicyclic amines) is 1. The molecular formula is C20H22N2OS. The summed E-state index contributed by atoms with van der Waals surface area (Å²) in [6, 6.07) is 8.21. The predicted molar refractivity (Wildman–Crippen MR) is 98.0 cm³/mol. The lowest BCUT2D eigenvalue weighted by Crippen LogP contribution is -2.39. The monoisotopic (exact) mass is 338 g/mol. The highest BCUT2D eigenvalue weighted by Crippen LogP contribution is 2.36. The zero-order valence-electron chi connectivity index (χ0n) is 14.0. The normalized spacial score (nSPS) is 20.5. The van der Waals surface area contributed by atoms with Gasteiger partial charge in [0.1, 0.15) is 10.7 Å². The minimum atomic E-state index is 0.0731. The van der Waals surface area contributed by atoms with E-state index in [1.807, 2.05) is 22.4 Å². The van der Waals surface area contributed by atoms with Crippen LogP contribution >= 0.6 is 11.3 Å². The Labute approximate surface area is 147 Å². The van der Waals surface area contributed by atoms with Crippen molar-refractivity contribution in [1.82, 2.24) is 9.88 Å². The third-order valence-electron chi connectivity index (χ3n) is 5.12. The topological polar surface area (TPSA) is 33.2 Å². The second-order valence-electron chi connectivity index (χ2n) is 6.71. The molecule has 1 aromatic carbocycles. The van der Waals surface area contributed by atoms with Crippen molar-refractivity contribution in [2.45, 2.75) is 39.0 Å². The smallest absolute Gasteiger partial charge is 0.277 e. The quantitative estimate of drug-likeness (QED) is 0.768. The molecule has 0 spiro atoms. The van der Waals surface area contributed by atoms with Crippen LogP contribution in [0.5, 0.6) is 0 Å². The number of allylic oxidation sites excluding steroid dienone is 2. The first-order valence-corrected chi connectivity index (χ1v) is 9.65. The molecule has 0 N–H and O–H groups in total. The number of benzene rings is 1. The van der Waals surface area contributed by atoms with E-state index in [1.165, 1.54) is 30.5 Å². The average Bonchev–Trinajstić information content (AvgIpc) is 3.11. The van der Waals surface area contributed by atoms with E-state index in [0.717, 1.165) is 30.0 Å². The molecule has 1 fully saturated rings. The zero-order valence-corrected chi connectivity index (χ0v) is 14.8. The van der Waals surface area contributed by atoms with Crippen LogP contribution in [0.25, 0.3) is 10.6 Å². The molecule has 4 rings (SSSR count). The van der Waals surface area contributed by atoms with Crippen LogP contribution < -0.4 is 0 Å². The van der Waals surface area contributed by atoms with Gasteiger partial charge in [-0.05, 0) is 50.5 Å². The number of nitrogens with zero attached hydrogens (tertiary/aromatic N) is 2. The standard InChI is InChI=1S/C20H22N2OS/c1-14-7-2-4-10-16(14)19-21-17(13-24-19)20(23)22-12-6-9-15-8-3-5-11-18(15)22/h2,4,7,10-11,13,15H,3,5-6,8-9,12H2,1H3. The Balaban J connectivity index is 1.61. The van der Waals surface area contributed by atoms with Crippen molar-refractivity contribution >= 4 is 17.2 Å². The van der Waals surface area contributed by atoms with Crippen molar-refractivity contribution in [1.29, 1.82) is 0 Å². The molecule has 3 nitrogen and oxygen atoms in total. The first kappa shape index (κ1) is 15.6. The van der Waals surface area contributed by atoms with Gasteiger partial charge in [-0.3, -0.25) is 4.79 Å². The molecule has 1 aliphatic heterocycles. The van der Waals surface area contributed by atoms with Gasteiger partial charge in [-0.25, -0.2) is 4.98 Å². The first-order chi connectivity index (χ1) is 11.7. The number of aryl methyl sites for hydroxylation is 1. The third-order valence-corrected chi connectivity index (χ3v) is 5.99. The van der Waals surface area contributed by atoms with Crippen LogP contribution in [0.1, 0.15) is 48.2 Å². The Bertz CT molecular complexity index is 792. The number of fused-ring (bicyclic) bond motifs is 1. The van der Waals surface area contributed by atoms with Crippen LogP contribution in [0.3, 0.4) is 0 Å². The molecular weight excluding hydrogens is 316 g/mol. The predicted octanol–water partition coefficient (Wildman–Crippen LogP) is 5.04. The molecule has 2 aliphatic rings. The molecule has 124 valence electrons. The SMILES string of the molecule is Cc1ccccc1-c1nc(C(=O)N2CCCC3CCCC=C32)cs1. The van der Waals surface area contributed by atoms with E-state index in [9.17, 15) is 4.79 Å². The maximum Gasteiger partial charge on any atom is 0.277 e. The molecule has 0 bridgehead atoms. The summed E-state index contributed by atoms with van der Waals surface area (Å²) in [5, 5.41) is 2.85. The lowest BCUT2D eigenvalue weighted by molar-refractivity contribution is 0.0744. The summed E-state index contributed by atoms with van der Waals surface area (Å²) < 4.78 is 0. The molecule has 4 heteroatoms. The Morgan fingerprint density at radius 1 is 1.25 bits per heavy atom. The van der Waals surface area contributed by atoms with Crippen LogP contribution in [-0.2, 0) is 0 Å². The zero-order chi connectivity index (χ0) is 16.5.